The van der Waals surface area contributed by atoms with Crippen LogP contribution in [0.4, 0.5) is 0 Å². The largest absolute Gasteiger partial charge is 0.468 e. The van der Waals surface area contributed by atoms with Crippen molar-refractivity contribution in [3.05, 3.63) is 35.9 Å². The molecule has 1 aromatic rings. The van der Waals surface area contributed by atoms with E-state index in [1.807, 2.05) is 18.2 Å². The number of carbonyl (C=O) groups excluding carboxylic acids is 2. The van der Waals surface area contributed by atoms with Crippen LogP contribution in [0.5, 0.6) is 0 Å². The molecule has 3 rings (SSSR count). The molecule has 23 heavy (non-hydrogen) atoms. The van der Waals surface area contributed by atoms with Crippen molar-refractivity contribution >= 4 is 11.8 Å². The molecule has 0 amide bonds. The van der Waals surface area contributed by atoms with Crippen molar-refractivity contribution in [1.82, 2.24) is 4.90 Å². The number of likely N-dealkylation sites (tertiary alicyclic amines) is 1. The van der Waals surface area contributed by atoms with Crippen LogP contribution in [0.3, 0.4) is 0 Å². The number of rotatable bonds is 6. The molecule has 2 bridgehead atoms. The van der Waals surface area contributed by atoms with Crippen molar-refractivity contribution in [3.8, 4) is 0 Å². The van der Waals surface area contributed by atoms with Gasteiger partial charge in [-0.2, -0.15) is 0 Å². The fraction of sp³-hybridized carbons (Fsp3) is 0.579. The summed E-state index contributed by atoms with van der Waals surface area (Å²) in [5, 5.41) is 0. The van der Waals surface area contributed by atoms with E-state index in [-0.39, 0.29) is 11.8 Å². The van der Waals surface area contributed by atoms with E-state index in [0.717, 1.165) is 25.8 Å². The Kier molecular flexibility index (Phi) is 4.53. The van der Waals surface area contributed by atoms with E-state index in [2.05, 4.69) is 17.0 Å². The number of Topliss-reactive ketones (excluding diaryl/α,β-unsaturated/α-hetero) is 1. The highest BCUT2D eigenvalue weighted by atomic mass is 16.5. The van der Waals surface area contributed by atoms with Crippen LogP contribution in [0.2, 0.25) is 0 Å². The quantitative estimate of drug-likeness (QED) is 0.757. The predicted molar refractivity (Wildman–Crippen MR) is 87.8 cm³/mol. The Morgan fingerprint density at radius 2 is 2.00 bits per heavy atom. The SMILES string of the molecule is COC(=O)[C@]1(CCC(C)=O)[C@@H]2CC[C@@H](C2)N1Cc1ccccc1. The molecule has 124 valence electrons. The second kappa shape index (κ2) is 6.44. The summed E-state index contributed by atoms with van der Waals surface area (Å²) in [7, 11) is 1.46. The lowest BCUT2D eigenvalue weighted by atomic mass is 9.78. The standard InChI is InChI=1S/C19H25NO3/c1-14(21)10-11-19(18(22)23-2)16-8-9-17(12-16)20(19)13-15-6-4-3-5-7-15/h3-7,16-17H,8-13H2,1-2H3/t16-,17+,19+/m1/s1. The molecule has 1 aliphatic carbocycles. The molecular formula is C19H25NO3. The van der Waals surface area contributed by atoms with Crippen molar-refractivity contribution in [2.75, 3.05) is 7.11 Å². The number of carbonyl (C=O) groups is 2. The third-order valence-electron chi connectivity index (χ3n) is 5.63. The zero-order valence-electron chi connectivity index (χ0n) is 14.0. The minimum absolute atomic E-state index is 0.135. The lowest BCUT2D eigenvalue weighted by Crippen LogP contribution is -2.58. The maximum Gasteiger partial charge on any atom is 0.326 e. The van der Waals surface area contributed by atoms with Crippen molar-refractivity contribution in [2.45, 2.75) is 57.2 Å². The van der Waals surface area contributed by atoms with E-state index >= 15 is 0 Å². The van der Waals surface area contributed by atoms with Crippen LogP contribution in [0, 0.1) is 5.92 Å². The van der Waals surface area contributed by atoms with Gasteiger partial charge < -0.3 is 9.53 Å². The highest BCUT2D eigenvalue weighted by molar-refractivity contribution is 5.84. The first kappa shape index (κ1) is 16.2. The first-order valence-corrected chi connectivity index (χ1v) is 8.46. The molecule has 4 heteroatoms. The van der Waals surface area contributed by atoms with E-state index in [1.165, 1.54) is 12.7 Å². The number of methoxy groups -OCH3 is 1. The average Bonchev–Trinajstić information content (AvgIpc) is 3.14. The first-order chi connectivity index (χ1) is 11.1. The number of benzene rings is 1. The third-order valence-corrected chi connectivity index (χ3v) is 5.63. The molecule has 1 heterocycles. The molecule has 3 atom stereocenters. The van der Waals surface area contributed by atoms with E-state index in [0.29, 0.717) is 24.8 Å². The molecule has 2 fully saturated rings. The maximum atomic E-state index is 12.8. The van der Waals surface area contributed by atoms with Gasteiger partial charge in [0.2, 0.25) is 0 Å². The molecule has 0 N–H and O–H groups in total. The van der Waals surface area contributed by atoms with Crippen LogP contribution in [0.1, 0.15) is 44.6 Å². The molecule has 4 nitrogen and oxygen atoms in total. The van der Waals surface area contributed by atoms with E-state index in [4.69, 9.17) is 4.74 Å². The topological polar surface area (TPSA) is 46.6 Å². The second-order valence-corrected chi connectivity index (χ2v) is 6.90. The minimum Gasteiger partial charge on any atom is -0.468 e. The summed E-state index contributed by atoms with van der Waals surface area (Å²) in [6.45, 7) is 2.34. The number of ketones is 1. The van der Waals surface area contributed by atoms with Gasteiger partial charge in [-0.05, 0) is 44.1 Å². The molecule has 1 saturated heterocycles. The fourth-order valence-corrected chi connectivity index (χ4v) is 4.56. The van der Waals surface area contributed by atoms with Crippen molar-refractivity contribution in [3.63, 3.8) is 0 Å². The Labute approximate surface area is 137 Å². The van der Waals surface area contributed by atoms with Gasteiger partial charge in [0.25, 0.3) is 0 Å². The van der Waals surface area contributed by atoms with Gasteiger partial charge in [-0.1, -0.05) is 30.3 Å². The smallest absolute Gasteiger partial charge is 0.326 e. The summed E-state index contributed by atoms with van der Waals surface area (Å²) in [5.41, 5.74) is 0.579. The van der Waals surface area contributed by atoms with Crippen LogP contribution < -0.4 is 0 Å². The van der Waals surface area contributed by atoms with Gasteiger partial charge in [-0.15, -0.1) is 0 Å². The molecule has 0 unspecified atom stereocenters. The van der Waals surface area contributed by atoms with Gasteiger partial charge in [-0.3, -0.25) is 9.69 Å². The van der Waals surface area contributed by atoms with E-state index in [9.17, 15) is 9.59 Å². The van der Waals surface area contributed by atoms with Crippen LogP contribution in [-0.4, -0.2) is 35.3 Å². The number of esters is 1. The summed E-state index contributed by atoms with van der Waals surface area (Å²) in [6, 6.07) is 10.7. The predicted octanol–water partition coefficient (Wildman–Crippen LogP) is 2.95. The van der Waals surface area contributed by atoms with Crippen molar-refractivity contribution in [2.24, 2.45) is 5.92 Å². The van der Waals surface area contributed by atoms with Gasteiger partial charge in [0, 0.05) is 19.0 Å². The highest BCUT2D eigenvalue weighted by Gasteiger charge is 2.61. The Morgan fingerprint density at radius 1 is 1.26 bits per heavy atom. The van der Waals surface area contributed by atoms with Crippen LogP contribution in [0.25, 0.3) is 0 Å². The molecular weight excluding hydrogens is 290 g/mol. The van der Waals surface area contributed by atoms with Gasteiger partial charge in [-0.25, -0.2) is 0 Å². The molecule has 1 saturated carbocycles. The normalized spacial score (nSPS) is 29.7. The molecule has 1 aromatic carbocycles. The monoisotopic (exact) mass is 315 g/mol. The van der Waals surface area contributed by atoms with Gasteiger partial charge >= 0.3 is 5.97 Å². The molecule has 0 radical (unpaired) electrons. The fourth-order valence-electron chi connectivity index (χ4n) is 4.56. The van der Waals surface area contributed by atoms with E-state index in [1.54, 1.807) is 6.92 Å². The maximum absolute atomic E-state index is 12.8. The van der Waals surface area contributed by atoms with Crippen LogP contribution in [-0.2, 0) is 20.9 Å². The molecule has 0 spiro atoms. The molecule has 2 aliphatic rings. The van der Waals surface area contributed by atoms with Gasteiger partial charge in [0.15, 0.2) is 0 Å². The lowest BCUT2D eigenvalue weighted by molar-refractivity contribution is -0.160. The van der Waals surface area contributed by atoms with Gasteiger partial charge in [0.05, 0.1) is 7.11 Å². The number of hydrogen-bond acceptors (Lipinski definition) is 4. The number of fused-ring (bicyclic) bond motifs is 2. The summed E-state index contributed by atoms with van der Waals surface area (Å²) in [4.78, 5) is 26.6. The van der Waals surface area contributed by atoms with Crippen molar-refractivity contribution in [1.29, 1.82) is 0 Å². The zero-order chi connectivity index (χ0) is 16.4. The third kappa shape index (κ3) is 2.80. The second-order valence-electron chi connectivity index (χ2n) is 6.90. The molecule has 0 aromatic heterocycles. The summed E-state index contributed by atoms with van der Waals surface area (Å²) >= 11 is 0. The minimum atomic E-state index is -0.626. The summed E-state index contributed by atoms with van der Waals surface area (Å²) < 4.78 is 5.20. The zero-order valence-corrected chi connectivity index (χ0v) is 14.0. The number of nitrogens with zero attached hydrogens (tertiary/aromatic N) is 1. The Morgan fingerprint density at radius 3 is 2.65 bits per heavy atom. The van der Waals surface area contributed by atoms with E-state index < -0.39 is 5.54 Å². The summed E-state index contributed by atoms with van der Waals surface area (Å²) in [5.74, 6) is 0.278. The lowest BCUT2D eigenvalue weighted by Gasteiger charge is -2.44. The molecule has 1 aliphatic heterocycles. The number of piperidine rings is 1. The summed E-state index contributed by atoms with van der Waals surface area (Å²) in [6.07, 6.45) is 4.24. The Hall–Kier alpha value is -1.68. The number of ether oxygens (including phenoxy) is 1. The van der Waals surface area contributed by atoms with Gasteiger partial charge in [0.1, 0.15) is 11.3 Å². The first-order valence-electron chi connectivity index (χ1n) is 8.46. The van der Waals surface area contributed by atoms with Crippen LogP contribution in [0.15, 0.2) is 30.3 Å². The number of hydrogen-bond donors (Lipinski definition) is 0. The van der Waals surface area contributed by atoms with Crippen LogP contribution >= 0.6 is 0 Å². The van der Waals surface area contributed by atoms with Crippen molar-refractivity contribution < 1.29 is 14.3 Å². The Bertz CT molecular complexity index is 586. The highest BCUT2D eigenvalue weighted by Crippen LogP contribution is 2.52. The Balaban J connectivity index is 1.92. The average molecular weight is 315 g/mol.